The van der Waals surface area contributed by atoms with Crippen LogP contribution in [0.25, 0.3) is 0 Å². The van der Waals surface area contributed by atoms with Gasteiger partial charge in [-0.3, -0.25) is 9.79 Å². The molecule has 3 N–H and O–H groups in total. The minimum atomic E-state index is -0.0922. The van der Waals surface area contributed by atoms with Gasteiger partial charge in [-0.2, -0.15) is 0 Å². The Morgan fingerprint density at radius 1 is 0.973 bits per heavy atom. The third-order valence-electron chi connectivity index (χ3n) is 7.13. The number of carbonyl (C=O) groups is 1. The third kappa shape index (κ3) is 5.74. The zero-order valence-electron chi connectivity index (χ0n) is 20.8. The largest absolute Gasteiger partial charge is 0.508 e. The van der Waals surface area contributed by atoms with Gasteiger partial charge in [0.15, 0.2) is 5.96 Å². The first-order valence-electron chi connectivity index (χ1n) is 12.6. The Morgan fingerprint density at radius 3 is 2.22 bits per heavy atom. The van der Waals surface area contributed by atoms with E-state index in [2.05, 4.69) is 31.0 Å². The highest BCUT2D eigenvalue weighted by Crippen LogP contribution is 2.28. The van der Waals surface area contributed by atoms with Crippen molar-refractivity contribution in [1.82, 2.24) is 15.1 Å². The van der Waals surface area contributed by atoms with Crippen molar-refractivity contribution in [2.45, 2.75) is 31.8 Å². The van der Waals surface area contributed by atoms with Gasteiger partial charge in [0.2, 0.25) is 0 Å². The molecular weight excluding hydrogens is 532 g/mol. The highest BCUT2D eigenvalue weighted by molar-refractivity contribution is 9.10. The summed E-state index contributed by atoms with van der Waals surface area (Å²) in [4.78, 5) is 22.4. The van der Waals surface area contributed by atoms with E-state index >= 15 is 0 Å². The molecule has 5 rings (SSSR count). The summed E-state index contributed by atoms with van der Waals surface area (Å²) in [5.74, 6) is 1.43. The van der Waals surface area contributed by atoms with Gasteiger partial charge in [0, 0.05) is 29.7 Å². The van der Waals surface area contributed by atoms with Gasteiger partial charge in [-0.25, -0.2) is 0 Å². The topological polar surface area (TPSA) is 88.4 Å². The van der Waals surface area contributed by atoms with Gasteiger partial charge in [0.1, 0.15) is 11.5 Å². The number of rotatable bonds is 8. The first kappa shape index (κ1) is 25.1. The first-order chi connectivity index (χ1) is 17.9. The molecule has 3 aromatic carbocycles. The van der Waals surface area contributed by atoms with Crippen molar-refractivity contribution in [2.24, 2.45) is 4.99 Å². The lowest BCUT2D eigenvalue weighted by Crippen LogP contribution is -2.42. The molecule has 1 amide bonds. The maximum absolute atomic E-state index is 12.8. The van der Waals surface area contributed by atoms with Crippen LogP contribution in [-0.2, 0) is 12.8 Å². The SMILES string of the molecule is Cc1ccc(C(=O)NCCN2C3=NC[C@H](Cc4ccc(O)cc4)N3C[C@H]2Cc2ccc(O)cc2)cc1Br. The Hall–Kier alpha value is -3.52. The Labute approximate surface area is 225 Å². The van der Waals surface area contributed by atoms with Gasteiger partial charge in [-0.05, 0) is 72.9 Å². The summed E-state index contributed by atoms with van der Waals surface area (Å²) in [6, 6.07) is 20.9. The number of hydrogen-bond donors (Lipinski definition) is 3. The lowest BCUT2D eigenvalue weighted by Gasteiger charge is -2.25. The summed E-state index contributed by atoms with van der Waals surface area (Å²) in [6.07, 6.45) is 1.67. The van der Waals surface area contributed by atoms with Crippen LogP contribution in [0.4, 0.5) is 0 Å². The summed E-state index contributed by atoms with van der Waals surface area (Å²) in [6.45, 7) is 4.73. The molecule has 1 fully saturated rings. The van der Waals surface area contributed by atoms with Gasteiger partial charge in [-0.1, -0.05) is 46.3 Å². The summed E-state index contributed by atoms with van der Waals surface area (Å²) < 4.78 is 0.921. The van der Waals surface area contributed by atoms with E-state index in [0.29, 0.717) is 18.7 Å². The Balaban J connectivity index is 1.28. The number of halogens is 1. The lowest BCUT2D eigenvalue weighted by atomic mass is 10.0. The number of aryl methyl sites for hydroxylation is 1. The lowest BCUT2D eigenvalue weighted by molar-refractivity contribution is 0.0950. The van der Waals surface area contributed by atoms with Gasteiger partial charge in [0.05, 0.1) is 18.6 Å². The number of fused-ring (bicyclic) bond motifs is 1. The van der Waals surface area contributed by atoms with Crippen LogP contribution in [0.3, 0.4) is 0 Å². The van der Waals surface area contributed by atoms with E-state index in [1.807, 2.05) is 49.4 Å². The third-order valence-corrected chi connectivity index (χ3v) is 7.99. The van der Waals surface area contributed by atoms with Crippen LogP contribution < -0.4 is 5.32 Å². The van der Waals surface area contributed by atoms with Crippen molar-refractivity contribution in [2.75, 3.05) is 26.2 Å². The zero-order valence-corrected chi connectivity index (χ0v) is 22.4. The van der Waals surface area contributed by atoms with Crippen LogP contribution >= 0.6 is 15.9 Å². The zero-order chi connectivity index (χ0) is 25.9. The predicted molar refractivity (Wildman–Crippen MR) is 148 cm³/mol. The quantitative estimate of drug-likeness (QED) is 0.384. The second kappa shape index (κ2) is 10.8. The highest BCUT2D eigenvalue weighted by atomic mass is 79.9. The van der Waals surface area contributed by atoms with Crippen LogP contribution in [0.2, 0.25) is 0 Å². The molecule has 0 aromatic heterocycles. The fourth-order valence-corrected chi connectivity index (χ4v) is 5.46. The molecule has 8 heteroatoms. The van der Waals surface area contributed by atoms with Crippen molar-refractivity contribution in [3.63, 3.8) is 0 Å². The summed E-state index contributed by atoms with van der Waals surface area (Å²) >= 11 is 3.51. The van der Waals surface area contributed by atoms with E-state index in [-0.39, 0.29) is 29.5 Å². The molecule has 0 unspecified atom stereocenters. The number of carbonyl (C=O) groups excluding carboxylic acids is 1. The van der Waals surface area contributed by atoms with E-state index < -0.39 is 0 Å². The molecule has 7 nitrogen and oxygen atoms in total. The number of hydrogen-bond acceptors (Lipinski definition) is 6. The molecule has 0 spiro atoms. The normalized spacial score (nSPS) is 18.6. The second-order valence-corrected chi connectivity index (χ2v) is 10.6. The Kier molecular flexibility index (Phi) is 7.37. The second-order valence-electron chi connectivity index (χ2n) is 9.76. The molecule has 0 saturated carbocycles. The minimum absolute atomic E-state index is 0.0922. The molecule has 2 aliphatic heterocycles. The number of amides is 1. The van der Waals surface area contributed by atoms with Crippen LogP contribution in [0, 0.1) is 6.92 Å². The number of nitrogens with one attached hydrogen (secondary N) is 1. The molecule has 2 heterocycles. The molecule has 37 heavy (non-hydrogen) atoms. The molecule has 2 aliphatic rings. The van der Waals surface area contributed by atoms with Crippen LogP contribution in [0.15, 0.2) is 76.2 Å². The highest BCUT2D eigenvalue weighted by Gasteiger charge is 2.41. The van der Waals surface area contributed by atoms with E-state index in [4.69, 9.17) is 4.99 Å². The van der Waals surface area contributed by atoms with Crippen molar-refractivity contribution in [3.8, 4) is 11.5 Å². The molecular formula is C29H31BrN4O3. The number of aromatic hydroxyl groups is 2. The van der Waals surface area contributed by atoms with Crippen molar-refractivity contribution < 1.29 is 15.0 Å². The van der Waals surface area contributed by atoms with Crippen molar-refractivity contribution in [3.05, 3.63) is 93.5 Å². The van der Waals surface area contributed by atoms with E-state index in [1.165, 1.54) is 5.56 Å². The van der Waals surface area contributed by atoms with E-state index in [1.54, 1.807) is 24.3 Å². The minimum Gasteiger partial charge on any atom is -0.508 e. The van der Waals surface area contributed by atoms with Crippen molar-refractivity contribution >= 4 is 27.8 Å². The van der Waals surface area contributed by atoms with Gasteiger partial charge < -0.3 is 25.3 Å². The number of benzene rings is 3. The first-order valence-corrected chi connectivity index (χ1v) is 13.3. The van der Waals surface area contributed by atoms with Crippen molar-refractivity contribution in [1.29, 1.82) is 0 Å². The van der Waals surface area contributed by atoms with Crippen LogP contribution in [-0.4, -0.2) is 70.1 Å². The maximum Gasteiger partial charge on any atom is 0.251 e. The average molecular weight is 563 g/mol. The standard InChI is InChI=1S/C29H31BrN4O3/c1-19-2-7-22(16-27(19)30)28(37)31-12-13-33-24(15-21-5-10-26(36)11-6-21)18-34-23(17-32-29(33)34)14-20-3-8-25(35)9-4-20/h2-11,16,23-24,35-36H,12-15,17-18H2,1H3,(H,31,37)/t23-,24+/m0/s1. The van der Waals surface area contributed by atoms with Crippen LogP contribution in [0.5, 0.6) is 11.5 Å². The summed E-state index contributed by atoms with van der Waals surface area (Å²) in [5.41, 5.74) is 4.04. The molecule has 1 saturated heterocycles. The Bertz CT molecular complexity index is 1290. The maximum atomic E-state index is 12.8. The number of phenolic OH excluding ortho intramolecular Hbond substituents is 2. The molecule has 2 atom stereocenters. The summed E-state index contributed by atoms with van der Waals surface area (Å²) in [5, 5.41) is 22.4. The number of phenols is 2. The summed E-state index contributed by atoms with van der Waals surface area (Å²) in [7, 11) is 0. The number of guanidine groups is 1. The van der Waals surface area contributed by atoms with E-state index in [0.717, 1.165) is 47.5 Å². The molecule has 3 aromatic rings. The number of aliphatic imine (C=N–C) groups is 1. The van der Waals surface area contributed by atoms with Gasteiger partial charge in [-0.15, -0.1) is 0 Å². The fraction of sp³-hybridized carbons (Fsp3) is 0.310. The van der Waals surface area contributed by atoms with Crippen LogP contribution in [0.1, 0.15) is 27.0 Å². The molecule has 0 radical (unpaired) electrons. The van der Waals surface area contributed by atoms with Gasteiger partial charge in [0.25, 0.3) is 5.91 Å². The van der Waals surface area contributed by atoms with Gasteiger partial charge >= 0.3 is 0 Å². The fourth-order valence-electron chi connectivity index (χ4n) is 5.08. The average Bonchev–Trinajstić information content (AvgIpc) is 3.43. The number of nitrogens with zero attached hydrogens (tertiary/aromatic N) is 3. The monoisotopic (exact) mass is 562 g/mol. The predicted octanol–water partition coefficient (Wildman–Crippen LogP) is 4.11. The molecule has 192 valence electrons. The molecule has 0 bridgehead atoms. The molecule has 0 aliphatic carbocycles. The van der Waals surface area contributed by atoms with E-state index in [9.17, 15) is 15.0 Å². The Morgan fingerprint density at radius 2 is 1.59 bits per heavy atom. The smallest absolute Gasteiger partial charge is 0.251 e.